The molecule has 1 N–H and O–H groups in total. The Balaban J connectivity index is 1.41. The third-order valence-corrected chi connectivity index (χ3v) is 6.13. The van der Waals surface area contributed by atoms with Gasteiger partial charge in [0.05, 0.1) is 25.7 Å². The number of hydrogen-bond acceptors (Lipinski definition) is 8. The van der Waals surface area contributed by atoms with Crippen LogP contribution in [0.2, 0.25) is 0 Å². The minimum Gasteiger partial charge on any atom is -0.450 e. The second-order valence-electron chi connectivity index (χ2n) is 8.35. The lowest BCUT2D eigenvalue weighted by Crippen LogP contribution is -2.49. The van der Waals surface area contributed by atoms with Crippen molar-refractivity contribution in [2.24, 2.45) is 11.8 Å². The fraction of sp³-hybridized carbons (Fsp3) is 0.773. The maximum Gasteiger partial charge on any atom is 0.407 e. The van der Waals surface area contributed by atoms with Crippen molar-refractivity contribution in [1.29, 1.82) is 0 Å². The number of aryl methyl sites for hydroxylation is 1. The molecule has 32 heavy (non-hydrogen) atoms. The van der Waals surface area contributed by atoms with Crippen LogP contribution in [0.25, 0.3) is 0 Å². The standard InChI is InChI=1S/C22H34N4O6/c1-2-19-24-20(25-32-19)18(27)9-6-12-31-22(29)23-15-17(16-7-4-3-5-8-16)21(28)26-10-13-30-14-11-26/h16-17H,2-15H2,1H3,(H,23,29). The van der Waals surface area contributed by atoms with Gasteiger partial charge < -0.3 is 24.2 Å². The molecule has 1 saturated heterocycles. The van der Waals surface area contributed by atoms with Crippen LogP contribution in [-0.2, 0) is 20.7 Å². The molecule has 0 radical (unpaired) electrons. The Hall–Kier alpha value is -2.49. The van der Waals surface area contributed by atoms with Crippen LogP contribution < -0.4 is 5.32 Å². The second kappa shape index (κ2) is 12.5. The monoisotopic (exact) mass is 450 g/mol. The molecule has 1 atom stereocenters. The molecule has 10 nitrogen and oxygen atoms in total. The molecular weight excluding hydrogens is 416 g/mol. The smallest absolute Gasteiger partial charge is 0.407 e. The zero-order valence-electron chi connectivity index (χ0n) is 18.8. The first-order valence-electron chi connectivity index (χ1n) is 11.7. The zero-order chi connectivity index (χ0) is 22.8. The summed E-state index contributed by atoms with van der Waals surface area (Å²) in [6.45, 7) is 4.54. The summed E-state index contributed by atoms with van der Waals surface area (Å²) < 4.78 is 15.5. The number of nitrogens with one attached hydrogen (secondary N) is 1. The molecule has 0 aromatic carbocycles. The Morgan fingerprint density at radius 3 is 2.62 bits per heavy atom. The number of alkyl carbamates (subject to hydrolysis) is 1. The van der Waals surface area contributed by atoms with Gasteiger partial charge in [-0.2, -0.15) is 4.98 Å². The first kappa shape index (κ1) is 24.2. The van der Waals surface area contributed by atoms with Crippen molar-refractivity contribution in [3.63, 3.8) is 0 Å². The number of morpholine rings is 1. The SMILES string of the molecule is CCc1nc(C(=O)CCCOC(=O)NCC(C(=O)N2CCOCC2)C2CCCCC2)no1. The van der Waals surface area contributed by atoms with Crippen LogP contribution in [0.5, 0.6) is 0 Å². The Bertz CT molecular complexity index is 755. The van der Waals surface area contributed by atoms with Crippen LogP contribution in [0, 0.1) is 11.8 Å². The number of ketones is 1. The Morgan fingerprint density at radius 2 is 1.94 bits per heavy atom. The number of ether oxygens (including phenoxy) is 2. The molecule has 1 saturated carbocycles. The third kappa shape index (κ3) is 7.01. The van der Waals surface area contributed by atoms with Gasteiger partial charge in [0.1, 0.15) is 0 Å². The molecule has 1 unspecified atom stereocenters. The predicted molar refractivity (Wildman–Crippen MR) is 114 cm³/mol. The molecule has 3 rings (SSSR count). The Labute approximate surface area is 188 Å². The topological polar surface area (TPSA) is 124 Å². The summed E-state index contributed by atoms with van der Waals surface area (Å²) in [4.78, 5) is 43.2. The molecule has 2 aliphatic rings. The van der Waals surface area contributed by atoms with Crippen LogP contribution in [0.4, 0.5) is 4.79 Å². The van der Waals surface area contributed by atoms with Gasteiger partial charge in [-0.3, -0.25) is 9.59 Å². The lowest BCUT2D eigenvalue weighted by Gasteiger charge is -2.35. The number of aromatic nitrogens is 2. The molecule has 2 fully saturated rings. The van der Waals surface area contributed by atoms with Crippen molar-refractivity contribution >= 4 is 17.8 Å². The molecule has 1 aliphatic carbocycles. The van der Waals surface area contributed by atoms with Gasteiger partial charge in [0.15, 0.2) is 0 Å². The molecule has 1 aliphatic heterocycles. The highest BCUT2D eigenvalue weighted by molar-refractivity contribution is 5.92. The minimum atomic E-state index is -0.569. The van der Waals surface area contributed by atoms with Crippen LogP contribution in [-0.4, -0.2) is 72.3 Å². The molecule has 178 valence electrons. The lowest BCUT2D eigenvalue weighted by molar-refractivity contribution is -0.141. The van der Waals surface area contributed by atoms with Gasteiger partial charge >= 0.3 is 6.09 Å². The average molecular weight is 451 g/mol. The number of Topliss-reactive ketones (excluding diaryl/α,β-unsaturated/α-hetero) is 1. The maximum absolute atomic E-state index is 13.1. The van der Waals surface area contributed by atoms with E-state index in [1.807, 2.05) is 11.8 Å². The fourth-order valence-electron chi connectivity index (χ4n) is 4.28. The first-order valence-corrected chi connectivity index (χ1v) is 11.7. The van der Waals surface area contributed by atoms with Crippen LogP contribution in [0.1, 0.15) is 68.4 Å². The second-order valence-corrected chi connectivity index (χ2v) is 8.35. The van der Waals surface area contributed by atoms with Crippen molar-refractivity contribution in [3.05, 3.63) is 11.7 Å². The Kier molecular flexibility index (Phi) is 9.45. The quantitative estimate of drug-likeness (QED) is 0.426. The van der Waals surface area contributed by atoms with Gasteiger partial charge in [-0.25, -0.2) is 4.79 Å². The number of hydrogen-bond donors (Lipinski definition) is 1. The summed E-state index contributed by atoms with van der Waals surface area (Å²) in [5.74, 6) is 0.364. The molecule has 1 aromatic rings. The van der Waals surface area contributed by atoms with E-state index in [2.05, 4.69) is 15.5 Å². The van der Waals surface area contributed by atoms with Gasteiger partial charge in [0.25, 0.3) is 0 Å². The first-order chi connectivity index (χ1) is 15.6. The molecular formula is C22H34N4O6. The number of carbonyl (C=O) groups excluding carboxylic acids is 3. The molecule has 10 heteroatoms. The van der Waals surface area contributed by atoms with Gasteiger partial charge in [-0.05, 0) is 25.2 Å². The molecule has 0 spiro atoms. The van der Waals surface area contributed by atoms with Crippen molar-refractivity contribution in [2.45, 2.75) is 58.3 Å². The molecule has 0 bridgehead atoms. The fourth-order valence-corrected chi connectivity index (χ4v) is 4.28. The van der Waals surface area contributed by atoms with E-state index >= 15 is 0 Å². The van der Waals surface area contributed by atoms with Crippen molar-refractivity contribution < 1.29 is 28.4 Å². The van der Waals surface area contributed by atoms with E-state index in [9.17, 15) is 14.4 Å². The lowest BCUT2D eigenvalue weighted by atomic mass is 9.79. The minimum absolute atomic E-state index is 0.0586. The van der Waals surface area contributed by atoms with Gasteiger partial charge in [-0.1, -0.05) is 31.3 Å². The average Bonchev–Trinajstić information content (AvgIpc) is 3.32. The van der Waals surface area contributed by atoms with E-state index in [0.717, 1.165) is 25.7 Å². The third-order valence-electron chi connectivity index (χ3n) is 6.13. The van der Waals surface area contributed by atoms with E-state index in [4.69, 9.17) is 14.0 Å². The number of amides is 2. The van der Waals surface area contributed by atoms with Gasteiger partial charge in [0.2, 0.25) is 23.4 Å². The van der Waals surface area contributed by atoms with Gasteiger partial charge in [-0.15, -0.1) is 0 Å². The summed E-state index contributed by atoms with van der Waals surface area (Å²) in [5, 5.41) is 6.42. The summed E-state index contributed by atoms with van der Waals surface area (Å²) in [6.07, 6.45) is 5.99. The highest BCUT2D eigenvalue weighted by atomic mass is 16.5. The summed E-state index contributed by atoms with van der Waals surface area (Å²) >= 11 is 0. The highest BCUT2D eigenvalue weighted by Crippen LogP contribution is 2.31. The van der Waals surface area contributed by atoms with Crippen molar-refractivity contribution in [3.8, 4) is 0 Å². The van der Waals surface area contributed by atoms with Crippen LogP contribution >= 0.6 is 0 Å². The summed E-state index contributed by atoms with van der Waals surface area (Å²) in [7, 11) is 0. The number of rotatable bonds is 10. The molecule has 2 heterocycles. The van der Waals surface area contributed by atoms with Crippen LogP contribution in [0.15, 0.2) is 4.52 Å². The van der Waals surface area contributed by atoms with Gasteiger partial charge in [0, 0.05) is 32.5 Å². The van der Waals surface area contributed by atoms with Crippen molar-refractivity contribution in [1.82, 2.24) is 20.4 Å². The summed E-state index contributed by atoms with van der Waals surface area (Å²) in [5.41, 5.74) is 0. The van der Waals surface area contributed by atoms with E-state index in [1.54, 1.807) is 0 Å². The number of carbonyl (C=O) groups is 3. The van der Waals surface area contributed by atoms with E-state index in [1.165, 1.54) is 6.42 Å². The maximum atomic E-state index is 13.1. The highest BCUT2D eigenvalue weighted by Gasteiger charge is 2.33. The zero-order valence-corrected chi connectivity index (χ0v) is 18.8. The largest absolute Gasteiger partial charge is 0.450 e. The molecule has 2 amide bonds. The van der Waals surface area contributed by atoms with Crippen LogP contribution in [0.3, 0.4) is 0 Å². The molecule has 1 aromatic heterocycles. The number of nitrogens with zero attached hydrogens (tertiary/aromatic N) is 3. The normalized spacial score (nSPS) is 18.2. The predicted octanol–water partition coefficient (Wildman–Crippen LogP) is 2.38. The summed E-state index contributed by atoms with van der Waals surface area (Å²) in [6, 6.07) is 0. The van der Waals surface area contributed by atoms with E-state index < -0.39 is 6.09 Å². The Morgan fingerprint density at radius 1 is 1.19 bits per heavy atom. The van der Waals surface area contributed by atoms with Crippen molar-refractivity contribution in [2.75, 3.05) is 39.5 Å². The van der Waals surface area contributed by atoms with E-state index in [0.29, 0.717) is 45.0 Å². The van der Waals surface area contributed by atoms with E-state index in [-0.39, 0.29) is 48.9 Å².